The molecule has 3 aliphatic rings. The van der Waals surface area contributed by atoms with Crippen LogP contribution in [0.3, 0.4) is 0 Å². The van der Waals surface area contributed by atoms with E-state index in [4.69, 9.17) is 15.2 Å². The SMILES string of the molecule is C[C@@H]1CN(CC(=O)N2c3cc(Cc4ccc(F)cc4)cnc3OCC2C(N)=O)[C@@H](CN2CCOC[C@H]2C)CN1. The van der Waals surface area contributed by atoms with Gasteiger partial charge in [-0.2, -0.15) is 0 Å². The summed E-state index contributed by atoms with van der Waals surface area (Å²) in [6.45, 7) is 8.91. The molecule has 3 N–H and O–H groups in total. The summed E-state index contributed by atoms with van der Waals surface area (Å²) in [5, 5.41) is 3.54. The zero-order chi connectivity index (χ0) is 27.5. The Morgan fingerprint density at radius 1 is 1.15 bits per heavy atom. The predicted octanol–water partition coefficient (Wildman–Crippen LogP) is 0.774. The standard InChI is InChI=1S/C28H37FN6O4/c1-18-13-34(23(12-31-18)14-33-7-8-38-16-19(33)2)15-26(36)35-24-10-21(9-20-3-5-22(29)6-4-20)11-32-28(24)39-17-25(35)27(30)37/h3-6,10-11,18-19,23,25,31H,7-9,12-17H2,1-2H3,(H2,30,37)/t18-,19-,23-,25?/m1/s1. The molecule has 0 spiro atoms. The highest BCUT2D eigenvalue weighted by Crippen LogP contribution is 2.34. The number of nitrogens with one attached hydrogen (secondary N) is 1. The van der Waals surface area contributed by atoms with Crippen molar-refractivity contribution in [3.05, 3.63) is 53.5 Å². The Morgan fingerprint density at radius 2 is 1.95 bits per heavy atom. The predicted molar refractivity (Wildman–Crippen MR) is 144 cm³/mol. The van der Waals surface area contributed by atoms with Crippen molar-refractivity contribution in [1.29, 1.82) is 0 Å². The van der Waals surface area contributed by atoms with Crippen LogP contribution >= 0.6 is 0 Å². The molecule has 11 heteroatoms. The number of primary amides is 1. The number of nitrogens with two attached hydrogens (primary N) is 1. The normalized spacial score (nSPS) is 26.1. The highest BCUT2D eigenvalue weighted by atomic mass is 19.1. The molecular formula is C28H37FN6O4. The molecule has 39 heavy (non-hydrogen) atoms. The van der Waals surface area contributed by atoms with E-state index in [0.29, 0.717) is 37.9 Å². The van der Waals surface area contributed by atoms with Gasteiger partial charge in [-0.3, -0.25) is 24.3 Å². The minimum Gasteiger partial charge on any atom is -0.473 e. The van der Waals surface area contributed by atoms with E-state index in [1.54, 1.807) is 18.3 Å². The van der Waals surface area contributed by atoms with Crippen LogP contribution in [0.25, 0.3) is 0 Å². The number of hydrogen-bond donors (Lipinski definition) is 2. The van der Waals surface area contributed by atoms with E-state index in [9.17, 15) is 14.0 Å². The fourth-order valence-electron chi connectivity index (χ4n) is 5.58. The Morgan fingerprint density at radius 3 is 2.69 bits per heavy atom. The van der Waals surface area contributed by atoms with E-state index < -0.39 is 11.9 Å². The van der Waals surface area contributed by atoms with Gasteiger partial charge in [-0.05, 0) is 49.6 Å². The summed E-state index contributed by atoms with van der Waals surface area (Å²) in [6.07, 6.45) is 2.16. The number of morpholine rings is 1. The number of anilines is 1. The van der Waals surface area contributed by atoms with Crippen molar-refractivity contribution >= 4 is 17.5 Å². The molecule has 0 bridgehead atoms. The van der Waals surface area contributed by atoms with E-state index in [2.05, 4.69) is 33.9 Å². The zero-order valence-electron chi connectivity index (χ0n) is 22.5. The van der Waals surface area contributed by atoms with Crippen molar-refractivity contribution in [1.82, 2.24) is 20.1 Å². The molecule has 2 fully saturated rings. The quantitative estimate of drug-likeness (QED) is 0.530. The number of pyridine rings is 1. The van der Waals surface area contributed by atoms with E-state index in [0.717, 1.165) is 30.8 Å². The highest BCUT2D eigenvalue weighted by Gasteiger charge is 2.39. The number of carbonyl (C=O) groups is 2. The molecule has 1 aromatic heterocycles. The van der Waals surface area contributed by atoms with Gasteiger partial charge in [0.15, 0.2) is 0 Å². The Balaban J connectivity index is 1.38. The second kappa shape index (κ2) is 12.0. The lowest BCUT2D eigenvalue weighted by molar-refractivity contribution is -0.127. The average molecular weight is 541 g/mol. The van der Waals surface area contributed by atoms with Gasteiger partial charge in [0.25, 0.3) is 0 Å². The molecular weight excluding hydrogens is 503 g/mol. The summed E-state index contributed by atoms with van der Waals surface area (Å²) in [7, 11) is 0. The number of nitrogens with zero attached hydrogens (tertiary/aromatic N) is 4. The molecule has 0 radical (unpaired) electrons. The van der Waals surface area contributed by atoms with E-state index in [1.165, 1.54) is 17.0 Å². The third kappa shape index (κ3) is 6.38. The van der Waals surface area contributed by atoms with Crippen LogP contribution in [-0.2, 0) is 20.7 Å². The van der Waals surface area contributed by atoms with Crippen molar-refractivity contribution in [2.24, 2.45) is 5.73 Å². The number of rotatable bonds is 7. The van der Waals surface area contributed by atoms with E-state index in [-0.39, 0.29) is 42.8 Å². The topological polar surface area (TPSA) is 113 Å². The number of aromatic nitrogens is 1. The van der Waals surface area contributed by atoms with Crippen LogP contribution in [0, 0.1) is 5.82 Å². The molecule has 1 unspecified atom stereocenters. The molecule has 210 valence electrons. The van der Waals surface area contributed by atoms with Crippen LogP contribution in [0.4, 0.5) is 10.1 Å². The molecule has 3 aliphatic heterocycles. The van der Waals surface area contributed by atoms with Gasteiger partial charge < -0.3 is 20.5 Å². The molecule has 4 atom stereocenters. The van der Waals surface area contributed by atoms with Crippen LogP contribution in [-0.4, -0.2) is 103 Å². The third-order valence-corrected chi connectivity index (χ3v) is 7.77. The van der Waals surface area contributed by atoms with Gasteiger partial charge in [0, 0.05) is 50.5 Å². The van der Waals surface area contributed by atoms with Crippen LogP contribution in [0.15, 0.2) is 36.5 Å². The number of amides is 2. The smallest absolute Gasteiger partial charge is 0.244 e. The van der Waals surface area contributed by atoms with Crippen molar-refractivity contribution in [2.45, 2.75) is 44.4 Å². The van der Waals surface area contributed by atoms with Gasteiger partial charge in [-0.15, -0.1) is 0 Å². The maximum atomic E-state index is 14.0. The minimum absolute atomic E-state index is 0.0505. The highest BCUT2D eigenvalue weighted by molar-refractivity contribution is 6.03. The van der Waals surface area contributed by atoms with Gasteiger partial charge in [0.05, 0.1) is 19.8 Å². The first-order chi connectivity index (χ1) is 18.8. The molecule has 2 saturated heterocycles. The van der Waals surface area contributed by atoms with Gasteiger partial charge >= 0.3 is 0 Å². The van der Waals surface area contributed by atoms with Gasteiger partial charge in [-0.25, -0.2) is 9.37 Å². The second-order valence-electron chi connectivity index (χ2n) is 10.8. The summed E-state index contributed by atoms with van der Waals surface area (Å²) in [4.78, 5) is 36.9. The Labute approximate surface area is 228 Å². The van der Waals surface area contributed by atoms with Gasteiger partial charge in [-0.1, -0.05) is 12.1 Å². The third-order valence-electron chi connectivity index (χ3n) is 7.77. The molecule has 4 heterocycles. The number of carbonyl (C=O) groups excluding carboxylic acids is 2. The van der Waals surface area contributed by atoms with Crippen LogP contribution < -0.4 is 20.7 Å². The number of hydrogen-bond acceptors (Lipinski definition) is 8. The Bertz CT molecular complexity index is 1180. The summed E-state index contributed by atoms with van der Waals surface area (Å²) < 4.78 is 24.7. The minimum atomic E-state index is -0.939. The largest absolute Gasteiger partial charge is 0.473 e. The number of fused-ring (bicyclic) bond motifs is 1. The fraction of sp³-hybridized carbons (Fsp3) is 0.536. The second-order valence-corrected chi connectivity index (χ2v) is 10.8. The summed E-state index contributed by atoms with van der Waals surface area (Å²) in [5.74, 6) is -0.875. The van der Waals surface area contributed by atoms with Gasteiger partial charge in [0.2, 0.25) is 17.7 Å². The van der Waals surface area contributed by atoms with Crippen molar-refractivity contribution < 1.29 is 23.5 Å². The molecule has 0 aliphatic carbocycles. The lowest BCUT2D eigenvalue weighted by atomic mass is 10.0. The van der Waals surface area contributed by atoms with E-state index in [1.807, 2.05) is 6.07 Å². The lowest BCUT2D eigenvalue weighted by Gasteiger charge is -2.44. The Kier molecular flexibility index (Phi) is 8.41. The lowest BCUT2D eigenvalue weighted by Crippen LogP contribution is -2.63. The monoisotopic (exact) mass is 540 g/mol. The Hall–Kier alpha value is -3.12. The fourth-order valence-corrected chi connectivity index (χ4v) is 5.58. The molecule has 1 aromatic carbocycles. The van der Waals surface area contributed by atoms with Gasteiger partial charge in [0.1, 0.15) is 24.2 Å². The van der Waals surface area contributed by atoms with Crippen LogP contribution in [0.1, 0.15) is 25.0 Å². The maximum Gasteiger partial charge on any atom is 0.244 e. The van der Waals surface area contributed by atoms with Crippen molar-refractivity contribution in [3.63, 3.8) is 0 Å². The van der Waals surface area contributed by atoms with Crippen LogP contribution in [0.2, 0.25) is 0 Å². The molecule has 10 nitrogen and oxygen atoms in total. The number of piperazine rings is 1. The zero-order valence-corrected chi connectivity index (χ0v) is 22.5. The molecule has 2 aromatic rings. The average Bonchev–Trinajstić information content (AvgIpc) is 2.91. The van der Waals surface area contributed by atoms with Crippen molar-refractivity contribution in [3.8, 4) is 5.88 Å². The number of halogens is 1. The first kappa shape index (κ1) is 27.4. The van der Waals surface area contributed by atoms with Crippen LogP contribution in [0.5, 0.6) is 5.88 Å². The first-order valence-electron chi connectivity index (χ1n) is 13.5. The first-order valence-corrected chi connectivity index (χ1v) is 13.5. The maximum absolute atomic E-state index is 14.0. The summed E-state index contributed by atoms with van der Waals surface area (Å²) in [5.41, 5.74) is 7.87. The number of ether oxygens (including phenoxy) is 2. The number of benzene rings is 1. The molecule has 5 rings (SSSR count). The summed E-state index contributed by atoms with van der Waals surface area (Å²) in [6, 6.07) is 7.77. The van der Waals surface area contributed by atoms with E-state index >= 15 is 0 Å². The summed E-state index contributed by atoms with van der Waals surface area (Å²) >= 11 is 0. The molecule has 2 amide bonds. The molecule has 0 saturated carbocycles. The van der Waals surface area contributed by atoms with Crippen molar-refractivity contribution in [2.75, 3.05) is 57.4 Å².